The molecule has 3 heteroatoms. The van der Waals surface area contributed by atoms with Gasteiger partial charge in [-0.1, -0.05) is 13.0 Å². The zero-order chi connectivity index (χ0) is 12.1. The van der Waals surface area contributed by atoms with Crippen LogP contribution in [0.25, 0.3) is 0 Å². The number of nitrogens with one attached hydrogen (secondary N) is 1. The van der Waals surface area contributed by atoms with E-state index in [9.17, 15) is 0 Å². The predicted octanol–water partition coefficient (Wildman–Crippen LogP) is 3.06. The molecule has 0 spiro atoms. The van der Waals surface area contributed by atoms with Gasteiger partial charge in [0.1, 0.15) is 5.75 Å². The van der Waals surface area contributed by atoms with E-state index in [0.717, 1.165) is 37.5 Å². The molecule has 0 aliphatic carbocycles. The second-order valence-electron chi connectivity index (χ2n) is 4.57. The summed E-state index contributed by atoms with van der Waals surface area (Å²) in [5.41, 5.74) is 1.11. The van der Waals surface area contributed by atoms with Crippen molar-refractivity contribution in [3.63, 3.8) is 0 Å². The Balaban J connectivity index is 1.95. The molecule has 2 atom stereocenters. The van der Waals surface area contributed by atoms with E-state index in [4.69, 9.17) is 9.47 Å². The van der Waals surface area contributed by atoms with Gasteiger partial charge in [0.05, 0.1) is 18.8 Å². The standard InChI is InChI=1S/C14H21NO2/c1-3-11(2)17-14-6-4-5-12(9-14)15-13-7-8-16-10-13/h4-6,9,11,13,15H,3,7-8,10H2,1-2H3. The Kier molecular flexibility index (Phi) is 4.26. The summed E-state index contributed by atoms with van der Waals surface area (Å²) in [6, 6.07) is 8.60. The topological polar surface area (TPSA) is 30.5 Å². The van der Waals surface area contributed by atoms with Crippen LogP contribution >= 0.6 is 0 Å². The molecule has 2 unspecified atom stereocenters. The minimum Gasteiger partial charge on any atom is -0.491 e. The molecule has 2 rings (SSSR count). The molecule has 0 aromatic heterocycles. The fourth-order valence-corrected chi connectivity index (χ4v) is 1.86. The van der Waals surface area contributed by atoms with E-state index >= 15 is 0 Å². The Morgan fingerprint density at radius 3 is 3.12 bits per heavy atom. The molecule has 0 radical (unpaired) electrons. The Labute approximate surface area is 103 Å². The van der Waals surface area contributed by atoms with Gasteiger partial charge in [-0.3, -0.25) is 0 Å². The van der Waals surface area contributed by atoms with Crippen LogP contribution in [0.2, 0.25) is 0 Å². The van der Waals surface area contributed by atoms with E-state index in [1.54, 1.807) is 0 Å². The molecule has 1 saturated heterocycles. The first-order valence-electron chi connectivity index (χ1n) is 6.39. The van der Waals surface area contributed by atoms with Crippen LogP contribution in [-0.2, 0) is 4.74 Å². The highest BCUT2D eigenvalue weighted by molar-refractivity contribution is 5.49. The lowest BCUT2D eigenvalue weighted by Crippen LogP contribution is -2.18. The lowest BCUT2D eigenvalue weighted by atomic mass is 10.2. The monoisotopic (exact) mass is 235 g/mol. The molecule has 1 aliphatic rings. The first kappa shape index (κ1) is 12.2. The number of anilines is 1. The summed E-state index contributed by atoms with van der Waals surface area (Å²) in [4.78, 5) is 0. The van der Waals surface area contributed by atoms with Crippen LogP contribution in [-0.4, -0.2) is 25.4 Å². The normalized spacial score (nSPS) is 21.2. The van der Waals surface area contributed by atoms with E-state index in [-0.39, 0.29) is 6.10 Å². The second-order valence-corrected chi connectivity index (χ2v) is 4.57. The van der Waals surface area contributed by atoms with Crippen molar-refractivity contribution >= 4 is 5.69 Å². The van der Waals surface area contributed by atoms with Gasteiger partial charge in [0.15, 0.2) is 0 Å². The van der Waals surface area contributed by atoms with Crippen LogP contribution in [0.4, 0.5) is 5.69 Å². The summed E-state index contributed by atoms with van der Waals surface area (Å²) in [7, 11) is 0. The smallest absolute Gasteiger partial charge is 0.121 e. The molecule has 94 valence electrons. The summed E-state index contributed by atoms with van der Waals surface area (Å²) in [6.45, 7) is 5.88. The van der Waals surface area contributed by atoms with Crippen molar-refractivity contribution in [2.45, 2.75) is 38.8 Å². The van der Waals surface area contributed by atoms with E-state index in [1.807, 2.05) is 12.1 Å². The summed E-state index contributed by atoms with van der Waals surface area (Å²) < 4.78 is 11.1. The molecule has 1 aromatic rings. The molecular weight excluding hydrogens is 214 g/mol. The predicted molar refractivity (Wildman–Crippen MR) is 69.7 cm³/mol. The lowest BCUT2D eigenvalue weighted by molar-refractivity contribution is 0.195. The minimum absolute atomic E-state index is 0.264. The first-order chi connectivity index (χ1) is 8.28. The Bertz CT molecular complexity index is 348. The SMILES string of the molecule is CCC(C)Oc1cccc(NC2CCOC2)c1. The third-order valence-electron chi connectivity index (χ3n) is 3.05. The second kappa shape index (κ2) is 5.92. The van der Waals surface area contributed by atoms with Gasteiger partial charge in [-0.25, -0.2) is 0 Å². The fourth-order valence-electron chi connectivity index (χ4n) is 1.86. The molecule has 1 aromatic carbocycles. The molecule has 3 nitrogen and oxygen atoms in total. The third-order valence-corrected chi connectivity index (χ3v) is 3.05. The fraction of sp³-hybridized carbons (Fsp3) is 0.571. The van der Waals surface area contributed by atoms with Crippen LogP contribution in [0.5, 0.6) is 5.75 Å². The summed E-state index contributed by atoms with van der Waals surface area (Å²) in [6.07, 6.45) is 2.37. The number of hydrogen-bond acceptors (Lipinski definition) is 3. The zero-order valence-corrected chi connectivity index (χ0v) is 10.6. The first-order valence-corrected chi connectivity index (χ1v) is 6.39. The van der Waals surface area contributed by atoms with Crippen LogP contribution in [0.15, 0.2) is 24.3 Å². The van der Waals surface area contributed by atoms with Crippen LogP contribution < -0.4 is 10.1 Å². The van der Waals surface area contributed by atoms with Gasteiger partial charge < -0.3 is 14.8 Å². The van der Waals surface area contributed by atoms with Crippen molar-refractivity contribution in [3.05, 3.63) is 24.3 Å². The van der Waals surface area contributed by atoms with Gasteiger partial charge in [0.2, 0.25) is 0 Å². The summed E-state index contributed by atoms with van der Waals surface area (Å²) in [5, 5.41) is 3.47. The molecular formula is C14H21NO2. The number of ether oxygens (including phenoxy) is 2. The Morgan fingerprint density at radius 2 is 2.41 bits per heavy atom. The number of benzene rings is 1. The molecule has 17 heavy (non-hydrogen) atoms. The van der Waals surface area contributed by atoms with Crippen molar-refractivity contribution in [2.24, 2.45) is 0 Å². The molecule has 1 aliphatic heterocycles. The zero-order valence-electron chi connectivity index (χ0n) is 10.6. The van der Waals surface area contributed by atoms with Gasteiger partial charge in [0.25, 0.3) is 0 Å². The van der Waals surface area contributed by atoms with Crippen molar-refractivity contribution in [3.8, 4) is 5.75 Å². The number of hydrogen-bond donors (Lipinski definition) is 1. The van der Waals surface area contributed by atoms with Gasteiger partial charge in [-0.05, 0) is 31.9 Å². The highest BCUT2D eigenvalue weighted by atomic mass is 16.5. The maximum absolute atomic E-state index is 5.80. The molecule has 0 bridgehead atoms. The van der Waals surface area contributed by atoms with Crippen molar-refractivity contribution in [1.82, 2.24) is 0 Å². The molecule has 1 fully saturated rings. The van der Waals surface area contributed by atoms with Crippen molar-refractivity contribution < 1.29 is 9.47 Å². The summed E-state index contributed by atoms with van der Waals surface area (Å²) in [5.74, 6) is 0.934. The average molecular weight is 235 g/mol. The van der Waals surface area contributed by atoms with E-state index < -0.39 is 0 Å². The molecule has 1 heterocycles. The van der Waals surface area contributed by atoms with Crippen LogP contribution in [0.3, 0.4) is 0 Å². The Hall–Kier alpha value is -1.22. The summed E-state index contributed by atoms with van der Waals surface area (Å²) >= 11 is 0. The van der Waals surface area contributed by atoms with Crippen molar-refractivity contribution in [2.75, 3.05) is 18.5 Å². The van der Waals surface area contributed by atoms with Crippen LogP contribution in [0.1, 0.15) is 26.7 Å². The highest BCUT2D eigenvalue weighted by Gasteiger charge is 2.15. The maximum Gasteiger partial charge on any atom is 0.121 e. The average Bonchev–Trinajstić information content (AvgIpc) is 2.82. The Morgan fingerprint density at radius 1 is 1.53 bits per heavy atom. The van der Waals surface area contributed by atoms with Gasteiger partial charge in [-0.15, -0.1) is 0 Å². The lowest BCUT2D eigenvalue weighted by Gasteiger charge is -2.16. The quantitative estimate of drug-likeness (QED) is 0.850. The third kappa shape index (κ3) is 3.63. The minimum atomic E-state index is 0.264. The highest BCUT2D eigenvalue weighted by Crippen LogP contribution is 2.21. The van der Waals surface area contributed by atoms with E-state index in [0.29, 0.717) is 6.04 Å². The molecule has 0 amide bonds. The van der Waals surface area contributed by atoms with Crippen LogP contribution in [0, 0.1) is 0 Å². The van der Waals surface area contributed by atoms with Crippen molar-refractivity contribution in [1.29, 1.82) is 0 Å². The van der Waals surface area contributed by atoms with Gasteiger partial charge in [-0.2, -0.15) is 0 Å². The number of rotatable bonds is 5. The molecule has 0 saturated carbocycles. The van der Waals surface area contributed by atoms with Gasteiger partial charge >= 0.3 is 0 Å². The molecule has 1 N–H and O–H groups in total. The van der Waals surface area contributed by atoms with Gasteiger partial charge in [0, 0.05) is 18.4 Å². The largest absolute Gasteiger partial charge is 0.491 e. The van der Waals surface area contributed by atoms with E-state index in [1.165, 1.54) is 0 Å². The maximum atomic E-state index is 5.80. The van der Waals surface area contributed by atoms with E-state index in [2.05, 4.69) is 31.3 Å².